The molecule has 6 heteroatoms. The van der Waals surface area contributed by atoms with Crippen molar-refractivity contribution >= 4 is 17.7 Å². The molecule has 1 amide bonds. The molecule has 0 N–H and O–H groups in total. The number of amides is 1. The Balaban J connectivity index is 1.89. The van der Waals surface area contributed by atoms with E-state index in [-0.39, 0.29) is 17.1 Å². The van der Waals surface area contributed by atoms with Crippen LogP contribution < -0.4 is 9.47 Å². The third-order valence-corrected chi connectivity index (χ3v) is 5.17. The Morgan fingerprint density at radius 2 is 1.75 bits per heavy atom. The minimum absolute atomic E-state index is 0.0912. The van der Waals surface area contributed by atoms with E-state index in [0.29, 0.717) is 23.6 Å². The first-order valence-corrected chi connectivity index (χ1v) is 8.58. The van der Waals surface area contributed by atoms with E-state index in [2.05, 4.69) is 0 Å². The van der Waals surface area contributed by atoms with Crippen LogP contribution in [-0.4, -0.2) is 37.3 Å². The molecule has 1 aliphatic rings. The minimum Gasteiger partial charge on any atom is -0.497 e. The molecule has 1 heterocycles. The van der Waals surface area contributed by atoms with Crippen LogP contribution in [0.5, 0.6) is 11.5 Å². The highest BCUT2D eigenvalue weighted by Gasteiger charge is 2.31. The molecule has 3 rings (SSSR count). The van der Waals surface area contributed by atoms with Crippen LogP contribution in [-0.2, 0) is 0 Å². The highest BCUT2D eigenvalue weighted by atomic mass is 32.2. The number of carbonyl (C=O) groups excluding carboxylic acids is 1. The fraction of sp³-hybridized carbons (Fsp3) is 0.278. The second kappa shape index (κ2) is 7.13. The molecule has 0 spiro atoms. The van der Waals surface area contributed by atoms with Gasteiger partial charge in [0.2, 0.25) is 0 Å². The van der Waals surface area contributed by atoms with E-state index >= 15 is 0 Å². The summed E-state index contributed by atoms with van der Waals surface area (Å²) < 4.78 is 23.6. The predicted octanol–water partition coefficient (Wildman–Crippen LogP) is 3.73. The number of halogens is 1. The standard InChI is InChI=1S/C18H18FNO3S/c1-22-15-9-13(10-16(11-15)23-2)17(21)20-7-8-24-18(20)12-3-5-14(19)6-4-12/h3-6,9-11,18H,7-8H2,1-2H3/t18-/m0/s1. The summed E-state index contributed by atoms with van der Waals surface area (Å²) in [6.07, 6.45) is 0. The van der Waals surface area contributed by atoms with Crippen LogP contribution in [0.15, 0.2) is 42.5 Å². The third-order valence-electron chi connectivity index (χ3n) is 3.91. The first-order valence-electron chi connectivity index (χ1n) is 7.53. The number of hydrogen-bond donors (Lipinski definition) is 0. The number of hydrogen-bond acceptors (Lipinski definition) is 4. The average molecular weight is 347 g/mol. The van der Waals surface area contributed by atoms with Crippen molar-refractivity contribution in [2.24, 2.45) is 0 Å². The van der Waals surface area contributed by atoms with Gasteiger partial charge in [0.1, 0.15) is 22.7 Å². The molecule has 2 aromatic carbocycles. The molecule has 126 valence electrons. The Morgan fingerprint density at radius 3 is 2.33 bits per heavy atom. The van der Waals surface area contributed by atoms with Gasteiger partial charge < -0.3 is 14.4 Å². The monoisotopic (exact) mass is 347 g/mol. The quantitative estimate of drug-likeness (QED) is 0.845. The zero-order valence-corrected chi connectivity index (χ0v) is 14.3. The summed E-state index contributed by atoms with van der Waals surface area (Å²) in [7, 11) is 3.10. The van der Waals surface area contributed by atoms with E-state index in [1.807, 2.05) is 0 Å². The molecule has 24 heavy (non-hydrogen) atoms. The molecule has 2 aromatic rings. The van der Waals surface area contributed by atoms with Crippen LogP contribution in [0.4, 0.5) is 4.39 Å². The lowest BCUT2D eigenvalue weighted by Crippen LogP contribution is -2.30. The van der Waals surface area contributed by atoms with E-state index in [1.165, 1.54) is 12.1 Å². The third kappa shape index (κ3) is 3.33. The van der Waals surface area contributed by atoms with E-state index < -0.39 is 0 Å². The molecule has 0 bridgehead atoms. The predicted molar refractivity (Wildman–Crippen MR) is 92.2 cm³/mol. The first kappa shape index (κ1) is 16.6. The van der Waals surface area contributed by atoms with Gasteiger partial charge in [-0.2, -0.15) is 0 Å². The van der Waals surface area contributed by atoms with E-state index in [9.17, 15) is 9.18 Å². The second-order valence-electron chi connectivity index (χ2n) is 5.37. The number of carbonyl (C=O) groups is 1. The summed E-state index contributed by atoms with van der Waals surface area (Å²) in [5.74, 6) is 1.61. The summed E-state index contributed by atoms with van der Waals surface area (Å²) in [6, 6.07) is 11.4. The lowest BCUT2D eigenvalue weighted by atomic mass is 10.1. The molecule has 1 saturated heterocycles. The average Bonchev–Trinajstić information content (AvgIpc) is 3.10. The van der Waals surface area contributed by atoms with Gasteiger partial charge in [0.05, 0.1) is 14.2 Å². The van der Waals surface area contributed by atoms with Crippen molar-refractivity contribution in [2.45, 2.75) is 5.37 Å². The van der Waals surface area contributed by atoms with Crippen LogP contribution >= 0.6 is 11.8 Å². The minimum atomic E-state index is -0.280. The first-order chi connectivity index (χ1) is 11.6. The lowest BCUT2D eigenvalue weighted by molar-refractivity contribution is 0.0759. The van der Waals surface area contributed by atoms with Gasteiger partial charge in [-0.1, -0.05) is 12.1 Å². The summed E-state index contributed by atoms with van der Waals surface area (Å²) in [6.45, 7) is 0.644. The molecule has 0 radical (unpaired) electrons. The van der Waals surface area contributed by atoms with Gasteiger partial charge in [0.15, 0.2) is 0 Å². The van der Waals surface area contributed by atoms with Crippen LogP contribution in [0, 0.1) is 5.82 Å². The fourth-order valence-electron chi connectivity index (χ4n) is 2.68. The van der Waals surface area contributed by atoms with Gasteiger partial charge in [-0.15, -0.1) is 11.8 Å². The van der Waals surface area contributed by atoms with Crippen LogP contribution in [0.1, 0.15) is 21.3 Å². The molecule has 4 nitrogen and oxygen atoms in total. The molecular weight excluding hydrogens is 329 g/mol. The maximum Gasteiger partial charge on any atom is 0.255 e. The Bertz CT molecular complexity index is 713. The van der Waals surface area contributed by atoms with Crippen molar-refractivity contribution < 1.29 is 18.7 Å². The molecule has 1 atom stereocenters. The van der Waals surface area contributed by atoms with Crippen molar-refractivity contribution in [3.05, 3.63) is 59.4 Å². The van der Waals surface area contributed by atoms with Crippen LogP contribution in [0.25, 0.3) is 0 Å². The van der Waals surface area contributed by atoms with Gasteiger partial charge in [0, 0.05) is 23.9 Å². The second-order valence-corrected chi connectivity index (χ2v) is 6.56. The number of nitrogens with zero attached hydrogens (tertiary/aromatic N) is 1. The van der Waals surface area contributed by atoms with Crippen molar-refractivity contribution in [3.8, 4) is 11.5 Å². The van der Waals surface area contributed by atoms with Gasteiger partial charge >= 0.3 is 0 Å². The number of thioether (sulfide) groups is 1. The molecule has 0 aliphatic carbocycles. The SMILES string of the molecule is COc1cc(OC)cc(C(=O)N2CCS[C@H]2c2ccc(F)cc2)c1. The number of rotatable bonds is 4. The lowest BCUT2D eigenvalue weighted by Gasteiger charge is -2.24. The summed E-state index contributed by atoms with van der Waals surface area (Å²) >= 11 is 1.67. The van der Waals surface area contributed by atoms with Gasteiger partial charge in [0.25, 0.3) is 5.91 Å². The Kier molecular flexibility index (Phi) is 4.94. The van der Waals surface area contributed by atoms with Crippen molar-refractivity contribution in [1.29, 1.82) is 0 Å². The van der Waals surface area contributed by atoms with Crippen molar-refractivity contribution in [3.63, 3.8) is 0 Å². The Morgan fingerprint density at radius 1 is 1.12 bits per heavy atom. The molecule has 1 fully saturated rings. The number of methoxy groups -OCH3 is 2. The highest BCUT2D eigenvalue weighted by molar-refractivity contribution is 7.99. The molecule has 0 aromatic heterocycles. The number of benzene rings is 2. The summed E-state index contributed by atoms with van der Waals surface area (Å²) in [5, 5.41) is -0.115. The van der Waals surface area contributed by atoms with Crippen molar-refractivity contribution in [2.75, 3.05) is 26.5 Å². The fourth-order valence-corrected chi connectivity index (χ4v) is 3.93. The maximum absolute atomic E-state index is 13.1. The molecule has 0 saturated carbocycles. The van der Waals surface area contributed by atoms with Crippen molar-refractivity contribution in [1.82, 2.24) is 4.90 Å². The zero-order chi connectivity index (χ0) is 17.1. The molecule has 0 unspecified atom stereocenters. The normalized spacial score (nSPS) is 17.0. The summed E-state index contributed by atoms with van der Waals surface area (Å²) in [4.78, 5) is 14.8. The van der Waals surface area contributed by atoms with E-state index in [0.717, 1.165) is 11.3 Å². The largest absolute Gasteiger partial charge is 0.497 e. The highest BCUT2D eigenvalue weighted by Crippen LogP contribution is 2.39. The smallest absolute Gasteiger partial charge is 0.255 e. The zero-order valence-electron chi connectivity index (χ0n) is 13.5. The maximum atomic E-state index is 13.1. The van der Waals surface area contributed by atoms with E-state index in [1.54, 1.807) is 61.2 Å². The number of ether oxygens (including phenoxy) is 2. The van der Waals surface area contributed by atoms with Crippen LogP contribution in [0.3, 0.4) is 0 Å². The molecular formula is C18H18FNO3S. The van der Waals surface area contributed by atoms with Crippen LogP contribution in [0.2, 0.25) is 0 Å². The molecule has 1 aliphatic heterocycles. The Hall–Kier alpha value is -2.21. The Labute approximate surface area is 144 Å². The van der Waals surface area contributed by atoms with E-state index in [4.69, 9.17) is 9.47 Å². The topological polar surface area (TPSA) is 38.8 Å². The van der Waals surface area contributed by atoms with Gasteiger partial charge in [-0.05, 0) is 29.8 Å². The summed E-state index contributed by atoms with van der Waals surface area (Å²) in [5.41, 5.74) is 1.43. The van der Waals surface area contributed by atoms with Gasteiger partial charge in [-0.3, -0.25) is 4.79 Å². The van der Waals surface area contributed by atoms with Gasteiger partial charge in [-0.25, -0.2) is 4.39 Å².